The van der Waals surface area contributed by atoms with E-state index in [-0.39, 0.29) is 0 Å². The van der Waals surface area contributed by atoms with Crippen LogP contribution in [0.15, 0.2) is 0 Å². The summed E-state index contributed by atoms with van der Waals surface area (Å²) in [7, 11) is 2.16. The highest BCUT2D eigenvalue weighted by Gasteiger charge is 2.24. The normalized spacial score (nSPS) is 28.3. The molecule has 1 fully saturated rings. The van der Waals surface area contributed by atoms with Gasteiger partial charge in [0.05, 0.1) is 0 Å². The van der Waals surface area contributed by atoms with Crippen molar-refractivity contribution < 1.29 is 5.11 Å². The molecule has 84 valence electrons. The summed E-state index contributed by atoms with van der Waals surface area (Å²) in [6.45, 7) is 1.38. The number of likely N-dealkylation sites (N-methyl/N-ethyl adjacent to an activating group) is 1. The van der Waals surface area contributed by atoms with Crippen LogP contribution in [-0.2, 0) is 0 Å². The van der Waals surface area contributed by atoms with Crippen molar-refractivity contribution in [1.29, 1.82) is 0 Å². The van der Waals surface area contributed by atoms with Gasteiger partial charge in [-0.3, -0.25) is 0 Å². The Morgan fingerprint density at radius 3 is 2.64 bits per heavy atom. The molecule has 1 rings (SSSR count). The third-order valence-electron chi connectivity index (χ3n) is 3.27. The molecule has 3 N–H and O–H groups in total. The fraction of sp³-hybridized carbons (Fsp3) is 1.00. The van der Waals surface area contributed by atoms with Gasteiger partial charge in [0.25, 0.3) is 0 Å². The summed E-state index contributed by atoms with van der Waals surface area (Å²) < 4.78 is 0. The van der Waals surface area contributed by atoms with Crippen LogP contribution < -0.4 is 5.73 Å². The second-order valence-corrected chi connectivity index (χ2v) is 4.43. The van der Waals surface area contributed by atoms with E-state index in [2.05, 4.69) is 11.9 Å². The Balaban J connectivity index is 2.23. The molecule has 0 amide bonds. The lowest BCUT2D eigenvalue weighted by molar-refractivity contribution is 0.162. The van der Waals surface area contributed by atoms with Gasteiger partial charge in [-0.05, 0) is 39.3 Å². The molecule has 0 spiro atoms. The van der Waals surface area contributed by atoms with Gasteiger partial charge in [-0.25, -0.2) is 0 Å². The molecule has 0 bridgehead atoms. The van der Waals surface area contributed by atoms with Crippen LogP contribution in [0.5, 0.6) is 0 Å². The Labute approximate surface area is 87.3 Å². The van der Waals surface area contributed by atoms with Gasteiger partial charge < -0.3 is 15.7 Å². The lowest BCUT2D eigenvalue weighted by Gasteiger charge is -2.36. The van der Waals surface area contributed by atoms with Crippen LogP contribution in [0.25, 0.3) is 0 Å². The molecule has 1 aliphatic carbocycles. The summed E-state index contributed by atoms with van der Waals surface area (Å²) >= 11 is 0. The number of nitrogens with two attached hydrogens (primary N) is 1. The van der Waals surface area contributed by atoms with Crippen molar-refractivity contribution in [2.45, 2.75) is 50.6 Å². The summed E-state index contributed by atoms with van der Waals surface area (Å²) in [6.07, 6.45) is 7.03. The highest BCUT2D eigenvalue weighted by atomic mass is 16.2. The van der Waals surface area contributed by atoms with Crippen molar-refractivity contribution in [3.8, 4) is 0 Å². The summed E-state index contributed by atoms with van der Waals surface area (Å²) in [5, 5.41) is 8.70. The Hall–Kier alpha value is -0.120. The van der Waals surface area contributed by atoms with Crippen LogP contribution >= 0.6 is 0 Å². The Bertz CT molecular complexity index is 152. The molecule has 0 aromatic carbocycles. The lowest BCUT2D eigenvalue weighted by Crippen LogP contribution is -2.48. The molecule has 0 aromatic heterocycles. The number of nitrogens with zero attached hydrogens (tertiary/aromatic N) is 1. The number of hydrogen-bond acceptors (Lipinski definition) is 3. The van der Waals surface area contributed by atoms with E-state index in [9.17, 15) is 0 Å². The smallest absolute Gasteiger partial charge is 0.0431 e. The first kappa shape index (κ1) is 12.0. The minimum atomic E-state index is 0.310. The van der Waals surface area contributed by atoms with Gasteiger partial charge in [-0.2, -0.15) is 0 Å². The van der Waals surface area contributed by atoms with E-state index in [4.69, 9.17) is 10.8 Å². The summed E-state index contributed by atoms with van der Waals surface area (Å²) in [4.78, 5) is 2.37. The van der Waals surface area contributed by atoms with Crippen molar-refractivity contribution >= 4 is 0 Å². The predicted molar refractivity (Wildman–Crippen MR) is 59.2 cm³/mol. The first-order chi connectivity index (χ1) is 6.75. The highest BCUT2D eigenvalue weighted by Crippen LogP contribution is 2.21. The standard InChI is InChI=1S/C11H24N2O/c1-13(8-4-5-9-14)11-7-3-2-6-10(11)12/h10-11,14H,2-9,12H2,1H3. The predicted octanol–water partition coefficient (Wildman–Crippen LogP) is 0.961. The zero-order chi connectivity index (χ0) is 10.4. The average Bonchev–Trinajstić information content (AvgIpc) is 2.18. The Morgan fingerprint density at radius 2 is 2.00 bits per heavy atom. The monoisotopic (exact) mass is 200 g/mol. The number of aliphatic hydroxyl groups is 1. The number of aliphatic hydroxyl groups excluding tert-OH is 1. The van der Waals surface area contributed by atoms with E-state index in [0.717, 1.165) is 19.4 Å². The second-order valence-electron chi connectivity index (χ2n) is 4.43. The maximum absolute atomic E-state index is 8.70. The van der Waals surface area contributed by atoms with Gasteiger partial charge in [0.1, 0.15) is 0 Å². The molecule has 0 heterocycles. The van der Waals surface area contributed by atoms with E-state index in [1.54, 1.807) is 0 Å². The van der Waals surface area contributed by atoms with E-state index in [1.165, 1.54) is 25.7 Å². The molecular weight excluding hydrogens is 176 g/mol. The lowest BCUT2D eigenvalue weighted by atomic mass is 9.90. The fourth-order valence-electron chi connectivity index (χ4n) is 2.33. The van der Waals surface area contributed by atoms with E-state index in [1.807, 2.05) is 0 Å². The van der Waals surface area contributed by atoms with Crippen LogP contribution in [0.1, 0.15) is 38.5 Å². The maximum atomic E-state index is 8.70. The number of unbranched alkanes of at least 4 members (excludes halogenated alkanes) is 1. The largest absolute Gasteiger partial charge is 0.396 e. The minimum absolute atomic E-state index is 0.310. The van der Waals surface area contributed by atoms with Gasteiger partial charge in [0, 0.05) is 18.7 Å². The molecule has 0 saturated heterocycles. The maximum Gasteiger partial charge on any atom is 0.0431 e. The first-order valence-electron chi connectivity index (χ1n) is 5.82. The highest BCUT2D eigenvalue weighted by molar-refractivity contribution is 4.84. The van der Waals surface area contributed by atoms with Crippen LogP contribution in [0.3, 0.4) is 0 Å². The minimum Gasteiger partial charge on any atom is -0.396 e. The van der Waals surface area contributed by atoms with Crippen LogP contribution in [0.4, 0.5) is 0 Å². The molecule has 1 saturated carbocycles. The quantitative estimate of drug-likeness (QED) is 0.650. The molecular formula is C11H24N2O. The number of hydrogen-bond donors (Lipinski definition) is 2. The van der Waals surface area contributed by atoms with Crippen LogP contribution in [0.2, 0.25) is 0 Å². The van der Waals surface area contributed by atoms with Crippen molar-refractivity contribution in [1.82, 2.24) is 4.90 Å². The van der Waals surface area contributed by atoms with Gasteiger partial charge in [-0.15, -0.1) is 0 Å². The summed E-state index contributed by atoms with van der Waals surface area (Å²) in [6, 6.07) is 0.935. The Morgan fingerprint density at radius 1 is 1.29 bits per heavy atom. The van der Waals surface area contributed by atoms with Gasteiger partial charge in [0.15, 0.2) is 0 Å². The third kappa shape index (κ3) is 3.56. The first-order valence-corrected chi connectivity index (χ1v) is 5.82. The molecule has 1 aliphatic rings. The Kier molecular flexibility index (Phi) is 5.45. The summed E-state index contributed by atoms with van der Waals surface area (Å²) in [5.74, 6) is 0. The molecule has 0 radical (unpaired) electrons. The zero-order valence-corrected chi connectivity index (χ0v) is 9.28. The molecule has 2 unspecified atom stereocenters. The van der Waals surface area contributed by atoms with Crippen molar-refractivity contribution in [2.24, 2.45) is 5.73 Å². The van der Waals surface area contributed by atoms with E-state index in [0.29, 0.717) is 18.7 Å². The topological polar surface area (TPSA) is 49.5 Å². The molecule has 3 nitrogen and oxygen atoms in total. The molecule has 0 aliphatic heterocycles. The van der Waals surface area contributed by atoms with Crippen molar-refractivity contribution in [3.63, 3.8) is 0 Å². The number of rotatable bonds is 5. The van der Waals surface area contributed by atoms with Crippen LogP contribution in [-0.4, -0.2) is 42.3 Å². The van der Waals surface area contributed by atoms with E-state index < -0.39 is 0 Å². The van der Waals surface area contributed by atoms with E-state index >= 15 is 0 Å². The van der Waals surface area contributed by atoms with Gasteiger partial charge >= 0.3 is 0 Å². The van der Waals surface area contributed by atoms with Gasteiger partial charge in [-0.1, -0.05) is 12.8 Å². The molecule has 14 heavy (non-hydrogen) atoms. The van der Waals surface area contributed by atoms with Crippen molar-refractivity contribution in [2.75, 3.05) is 20.2 Å². The van der Waals surface area contributed by atoms with Gasteiger partial charge in [0.2, 0.25) is 0 Å². The third-order valence-corrected chi connectivity index (χ3v) is 3.27. The molecule has 2 atom stereocenters. The average molecular weight is 200 g/mol. The fourth-order valence-corrected chi connectivity index (χ4v) is 2.33. The van der Waals surface area contributed by atoms with Crippen molar-refractivity contribution in [3.05, 3.63) is 0 Å². The second kappa shape index (κ2) is 6.38. The SMILES string of the molecule is CN(CCCCO)C1CCCCC1N. The zero-order valence-electron chi connectivity index (χ0n) is 9.28. The molecule has 3 heteroatoms. The van der Waals surface area contributed by atoms with Crippen LogP contribution in [0, 0.1) is 0 Å². The molecule has 0 aromatic rings. The summed E-state index contributed by atoms with van der Waals surface area (Å²) in [5.41, 5.74) is 6.09.